The normalized spacial score (nSPS) is 11.7. The Labute approximate surface area is 197 Å². The number of rotatable bonds is 9. The molecule has 0 aliphatic carbocycles. The van der Waals surface area contributed by atoms with Crippen LogP contribution in [0.15, 0.2) is 72.8 Å². The molecule has 0 aliphatic rings. The Hall–Kier alpha value is -3.27. The highest BCUT2D eigenvalue weighted by atomic mass is 16.6. The van der Waals surface area contributed by atoms with Gasteiger partial charge in [0.25, 0.3) is 0 Å². The fourth-order valence-electron chi connectivity index (χ4n) is 3.96. The maximum absolute atomic E-state index is 13.3. The number of methoxy groups -OCH3 is 1. The molecule has 4 nitrogen and oxygen atoms in total. The van der Waals surface area contributed by atoms with Crippen molar-refractivity contribution in [1.82, 2.24) is 0 Å². The van der Waals surface area contributed by atoms with Gasteiger partial charge in [-0.15, -0.1) is 0 Å². The Morgan fingerprint density at radius 3 is 2.00 bits per heavy atom. The first-order chi connectivity index (χ1) is 15.8. The summed E-state index contributed by atoms with van der Waals surface area (Å²) in [4.78, 5) is 13.3. The second-order valence-corrected chi connectivity index (χ2v) is 8.86. The van der Waals surface area contributed by atoms with Gasteiger partial charge in [0.1, 0.15) is 5.75 Å². The maximum atomic E-state index is 13.3. The summed E-state index contributed by atoms with van der Waals surface area (Å²) in [5, 5.41) is 0. The third-order valence-electron chi connectivity index (χ3n) is 6.42. The van der Waals surface area contributed by atoms with Crippen molar-refractivity contribution in [3.05, 3.63) is 89.5 Å². The highest BCUT2D eigenvalue weighted by Crippen LogP contribution is 2.35. The van der Waals surface area contributed by atoms with Crippen LogP contribution in [0.1, 0.15) is 57.2 Å². The maximum Gasteiger partial charge on any atom is 0.355 e. The highest BCUT2D eigenvalue weighted by Gasteiger charge is 2.40. The Morgan fingerprint density at radius 1 is 0.818 bits per heavy atom. The number of carbonyl (C=O) groups excluding carboxylic acids is 1. The topological polar surface area (TPSA) is 44.8 Å². The van der Waals surface area contributed by atoms with E-state index in [1.54, 1.807) is 7.11 Å². The molecule has 0 amide bonds. The number of ether oxygens (including phenoxy) is 3. The van der Waals surface area contributed by atoms with Gasteiger partial charge in [0.2, 0.25) is 5.60 Å². The molecule has 0 heterocycles. The lowest BCUT2D eigenvalue weighted by molar-refractivity contribution is -0.153. The van der Waals surface area contributed by atoms with Crippen LogP contribution in [-0.4, -0.2) is 18.7 Å². The molecule has 0 spiro atoms. The van der Waals surface area contributed by atoms with Gasteiger partial charge in [0.15, 0.2) is 11.5 Å². The second kappa shape index (κ2) is 10.1. The van der Waals surface area contributed by atoms with Crippen LogP contribution in [0.5, 0.6) is 17.2 Å². The van der Waals surface area contributed by atoms with E-state index in [1.165, 1.54) is 5.56 Å². The van der Waals surface area contributed by atoms with Crippen molar-refractivity contribution < 1.29 is 19.0 Å². The van der Waals surface area contributed by atoms with Crippen molar-refractivity contribution >= 4 is 5.97 Å². The van der Waals surface area contributed by atoms with Gasteiger partial charge in [-0.3, -0.25) is 0 Å². The zero-order chi connectivity index (χ0) is 24.1. The van der Waals surface area contributed by atoms with Crippen LogP contribution in [0.2, 0.25) is 0 Å². The van der Waals surface area contributed by atoms with Gasteiger partial charge >= 0.3 is 5.97 Å². The molecule has 33 heavy (non-hydrogen) atoms. The van der Waals surface area contributed by atoms with E-state index in [2.05, 4.69) is 26.0 Å². The minimum atomic E-state index is -1.11. The molecule has 0 radical (unpaired) electrons. The van der Waals surface area contributed by atoms with E-state index in [1.807, 2.05) is 81.4 Å². The molecule has 174 valence electrons. The van der Waals surface area contributed by atoms with Crippen molar-refractivity contribution in [2.24, 2.45) is 0 Å². The van der Waals surface area contributed by atoms with Gasteiger partial charge in [-0.05, 0) is 60.7 Å². The van der Waals surface area contributed by atoms with Crippen LogP contribution in [-0.2, 0) is 10.2 Å². The van der Waals surface area contributed by atoms with Crippen molar-refractivity contribution in [1.29, 1.82) is 0 Å². The van der Waals surface area contributed by atoms with Crippen LogP contribution in [0.25, 0.3) is 0 Å². The van der Waals surface area contributed by atoms with E-state index in [9.17, 15) is 4.79 Å². The quantitative estimate of drug-likeness (QED) is 0.266. The van der Waals surface area contributed by atoms with Crippen LogP contribution >= 0.6 is 0 Å². The van der Waals surface area contributed by atoms with Gasteiger partial charge in [-0.1, -0.05) is 76.2 Å². The average Bonchev–Trinajstić information content (AvgIpc) is 2.84. The van der Waals surface area contributed by atoms with Crippen LogP contribution < -0.4 is 14.2 Å². The Kier molecular flexibility index (Phi) is 7.47. The highest BCUT2D eigenvalue weighted by molar-refractivity contribution is 5.82. The summed E-state index contributed by atoms with van der Waals surface area (Å²) in [6.45, 7) is 10.2. The van der Waals surface area contributed by atoms with E-state index in [-0.39, 0.29) is 5.41 Å². The molecule has 0 fully saturated rings. The van der Waals surface area contributed by atoms with E-state index < -0.39 is 11.6 Å². The number of aryl methyl sites for hydroxylation is 1. The molecule has 0 saturated heterocycles. The van der Waals surface area contributed by atoms with Gasteiger partial charge in [-0.2, -0.15) is 0 Å². The van der Waals surface area contributed by atoms with Crippen molar-refractivity contribution in [2.45, 2.75) is 58.5 Å². The molecule has 0 unspecified atom stereocenters. The Bertz CT molecular complexity index is 1060. The molecule has 3 aromatic rings. The molecule has 4 heteroatoms. The Morgan fingerprint density at radius 2 is 1.42 bits per heavy atom. The van der Waals surface area contributed by atoms with Gasteiger partial charge < -0.3 is 14.2 Å². The molecule has 0 aliphatic heterocycles. The number of hydrogen-bond acceptors (Lipinski definition) is 4. The molecule has 3 rings (SSSR count). The SMILES string of the molecule is CCC(CC)(Oc1ccc(C)cc1OC)C(=O)Oc1ccc(C(C)(C)c2ccccc2)cc1. The van der Waals surface area contributed by atoms with E-state index >= 15 is 0 Å². The van der Waals surface area contributed by atoms with Crippen LogP contribution in [0.4, 0.5) is 0 Å². The summed E-state index contributed by atoms with van der Waals surface area (Å²) >= 11 is 0. The van der Waals surface area contributed by atoms with Crippen LogP contribution in [0, 0.1) is 6.92 Å². The van der Waals surface area contributed by atoms with E-state index in [0.29, 0.717) is 30.1 Å². The number of esters is 1. The minimum absolute atomic E-state index is 0.161. The van der Waals surface area contributed by atoms with Crippen molar-refractivity contribution in [2.75, 3.05) is 7.11 Å². The summed E-state index contributed by atoms with van der Waals surface area (Å²) < 4.78 is 17.5. The van der Waals surface area contributed by atoms with Gasteiger partial charge in [0, 0.05) is 5.41 Å². The largest absolute Gasteiger partial charge is 0.493 e. The monoisotopic (exact) mass is 446 g/mol. The fraction of sp³-hybridized carbons (Fsp3) is 0.345. The standard InChI is InChI=1S/C29H34O4/c1-7-29(8-2,33-25-19-14-21(3)20-26(25)31-6)27(30)32-24-17-15-23(16-18-24)28(4,5)22-12-10-9-11-13-22/h9-20H,7-8H2,1-6H3. The lowest BCUT2D eigenvalue weighted by Gasteiger charge is -2.31. The molecular weight excluding hydrogens is 412 g/mol. The average molecular weight is 447 g/mol. The van der Waals surface area contributed by atoms with Crippen LogP contribution in [0.3, 0.4) is 0 Å². The van der Waals surface area contributed by atoms with E-state index in [0.717, 1.165) is 11.1 Å². The summed E-state index contributed by atoms with van der Waals surface area (Å²) in [6, 6.07) is 23.8. The van der Waals surface area contributed by atoms with Gasteiger partial charge in [-0.25, -0.2) is 4.79 Å². The lowest BCUT2D eigenvalue weighted by Crippen LogP contribution is -2.46. The zero-order valence-electron chi connectivity index (χ0n) is 20.5. The van der Waals surface area contributed by atoms with Crippen molar-refractivity contribution in [3.63, 3.8) is 0 Å². The van der Waals surface area contributed by atoms with Gasteiger partial charge in [0.05, 0.1) is 7.11 Å². The summed E-state index contributed by atoms with van der Waals surface area (Å²) in [5.41, 5.74) is 2.16. The summed E-state index contributed by atoms with van der Waals surface area (Å²) in [5.74, 6) is 1.22. The zero-order valence-corrected chi connectivity index (χ0v) is 20.5. The predicted octanol–water partition coefficient (Wildman–Crippen LogP) is 6.87. The molecule has 0 atom stereocenters. The number of carbonyl (C=O) groups is 1. The number of benzene rings is 3. The molecule has 0 saturated carbocycles. The molecule has 0 N–H and O–H groups in total. The number of hydrogen-bond donors (Lipinski definition) is 0. The molecule has 0 bridgehead atoms. The molecule has 3 aromatic carbocycles. The lowest BCUT2D eigenvalue weighted by atomic mass is 9.78. The second-order valence-electron chi connectivity index (χ2n) is 8.86. The minimum Gasteiger partial charge on any atom is -0.493 e. The molecular formula is C29H34O4. The Balaban J connectivity index is 1.81. The first-order valence-corrected chi connectivity index (χ1v) is 11.5. The summed E-state index contributed by atoms with van der Waals surface area (Å²) in [7, 11) is 1.60. The third-order valence-corrected chi connectivity index (χ3v) is 6.42. The summed E-state index contributed by atoms with van der Waals surface area (Å²) in [6.07, 6.45) is 0.941. The van der Waals surface area contributed by atoms with Crippen molar-refractivity contribution in [3.8, 4) is 17.2 Å². The van der Waals surface area contributed by atoms with E-state index in [4.69, 9.17) is 14.2 Å². The first kappa shape index (κ1) is 24.4. The first-order valence-electron chi connectivity index (χ1n) is 11.5. The predicted molar refractivity (Wildman–Crippen MR) is 132 cm³/mol. The third kappa shape index (κ3) is 5.22. The smallest absolute Gasteiger partial charge is 0.355 e. The molecule has 0 aromatic heterocycles. The fourth-order valence-corrected chi connectivity index (χ4v) is 3.96.